The lowest BCUT2D eigenvalue weighted by Gasteiger charge is -2.14. The smallest absolute Gasteiger partial charge is 0.338 e. The third-order valence-electron chi connectivity index (χ3n) is 4.03. The Balaban J connectivity index is 1.52. The molecule has 0 fully saturated rings. The molecule has 0 radical (unpaired) electrons. The van der Waals surface area contributed by atoms with Gasteiger partial charge in [-0.2, -0.15) is 0 Å². The van der Waals surface area contributed by atoms with Crippen molar-refractivity contribution >= 4 is 11.9 Å². The Hall–Kier alpha value is -3.06. The molecule has 1 N–H and O–H groups in total. The molecule has 0 saturated carbocycles. The van der Waals surface area contributed by atoms with Crippen LogP contribution in [-0.2, 0) is 27.4 Å². The van der Waals surface area contributed by atoms with E-state index in [1.807, 2.05) is 12.1 Å². The van der Waals surface area contributed by atoms with Crippen molar-refractivity contribution in [2.24, 2.45) is 0 Å². The summed E-state index contributed by atoms with van der Waals surface area (Å²) in [6, 6.07) is 12.4. The third-order valence-corrected chi connectivity index (χ3v) is 4.03. The maximum absolute atomic E-state index is 12.2. The summed E-state index contributed by atoms with van der Waals surface area (Å²) < 4.78 is 20.9. The van der Waals surface area contributed by atoms with Crippen LogP contribution in [0.2, 0.25) is 0 Å². The molecule has 0 bridgehead atoms. The van der Waals surface area contributed by atoms with Gasteiger partial charge < -0.3 is 24.3 Å². The first kappa shape index (κ1) is 18.7. The first-order chi connectivity index (χ1) is 13.1. The molecule has 0 unspecified atom stereocenters. The van der Waals surface area contributed by atoms with Crippen molar-refractivity contribution < 1.29 is 28.5 Å². The van der Waals surface area contributed by atoms with Gasteiger partial charge in [-0.1, -0.05) is 18.2 Å². The number of esters is 1. The van der Waals surface area contributed by atoms with E-state index in [-0.39, 0.29) is 12.7 Å². The molecule has 2 aromatic carbocycles. The average molecular weight is 371 g/mol. The Labute approximate surface area is 157 Å². The van der Waals surface area contributed by atoms with Crippen LogP contribution >= 0.6 is 0 Å². The quantitative estimate of drug-likeness (QED) is 0.753. The molecule has 1 aliphatic rings. The minimum absolute atomic E-state index is 0.198. The first-order valence-corrected chi connectivity index (χ1v) is 8.52. The van der Waals surface area contributed by atoms with Crippen LogP contribution in [-0.4, -0.2) is 31.9 Å². The summed E-state index contributed by atoms with van der Waals surface area (Å²) in [6.45, 7) is 2.42. The van der Waals surface area contributed by atoms with Gasteiger partial charge in [0.2, 0.25) is 6.79 Å². The molecule has 7 nitrogen and oxygen atoms in total. The van der Waals surface area contributed by atoms with Crippen molar-refractivity contribution in [3.05, 3.63) is 59.2 Å². The fraction of sp³-hybridized carbons (Fsp3) is 0.300. The zero-order valence-corrected chi connectivity index (χ0v) is 15.2. The Morgan fingerprint density at radius 2 is 1.93 bits per heavy atom. The fourth-order valence-corrected chi connectivity index (χ4v) is 2.62. The molecule has 1 aliphatic heterocycles. The van der Waals surface area contributed by atoms with E-state index in [2.05, 4.69) is 5.32 Å². The molecule has 27 heavy (non-hydrogen) atoms. The van der Waals surface area contributed by atoms with Crippen molar-refractivity contribution in [1.82, 2.24) is 5.32 Å². The molecule has 0 aliphatic carbocycles. The minimum atomic E-state index is -0.919. The zero-order chi connectivity index (χ0) is 19.2. The summed E-state index contributed by atoms with van der Waals surface area (Å²) in [5.41, 5.74) is 2.09. The lowest BCUT2D eigenvalue weighted by Crippen LogP contribution is -2.35. The standard InChI is InChI=1S/C20H21NO6/c1-13(27-20(23)16-5-3-4-15(8-16)11-24-2)19(22)21-10-14-6-7-17-18(9-14)26-12-25-17/h3-9,13H,10-12H2,1-2H3,(H,21,22)/t13-/m0/s1. The van der Waals surface area contributed by atoms with E-state index in [0.717, 1.165) is 11.1 Å². The number of carbonyl (C=O) groups is 2. The number of nitrogens with one attached hydrogen (secondary N) is 1. The van der Waals surface area contributed by atoms with E-state index in [9.17, 15) is 9.59 Å². The molecule has 1 heterocycles. The van der Waals surface area contributed by atoms with E-state index in [1.165, 1.54) is 6.92 Å². The van der Waals surface area contributed by atoms with Gasteiger partial charge in [0, 0.05) is 13.7 Å². The zero-order valence-electron chi connectivity index (χ0n) is 15.2. The maximum Gasteiger partial charge on any atom is 0.338 e. The van der Waals surface area contributed by atoms with Gasteiger partial charge in [0.1, 0.15) is 0 Å². The Bertz CT molecular complexity index is 835. The minimum Gasteiger partial charge on any atom is -0.454 e. The van der Waals surface area contributed by atoms with E-state index in [4.69, 9.17) is 18.9 Å². The van der Waals surface area contributed by atoms with Crippen molar-refractivity contribution in [3.63, 3.8) is 0 Å². The monoisotopic (exact) mass is 371 g/mol. The average Bonchev–Trinajstić information content (AvgIpc) is 3.14. The number of amides is 1. The summed E-state index contributed by atoms with van der Waals surface area (Å²) in [7, 11) is 1.58. The van der Waals surface area contributed by atoms with Gasteiger partial charge in [-0.3, -0.25) is 4.79 Å². The van der Waals surface area contributed by atoms with Gasteiger partial charge in [-0.15, -0.1) is 0 Å². The highest BCUT2D eigenvalue weighted by Crippen LogP contribution is 2.32. The van der Waals surface area contributed by atoms with Crippen LogP contribution in [0.4, 0.5) is 0 Å². The van der Waals surface area contributed by atoms with Crippen LogP contribution in [0.15, 0.2) is 42.5 Å². The topological polar surface area (TPSA) is 83.1 Å². The number of hydrogen-bond acceptors (Lipinski definition) is 6. The maximum atomic E-state index is 12.2. The second kappa shape index (κ2) is 8.55. The third kappa shape index (κ3) is 4.77. The number of hydrogen-bond donors (Lipinski definition) is 1. The predicted molar refractivity (Wildman–Crippen MR) is 96.4 cm³/mol. The van der Waals surface area contributed by atoms with Crippen molar-refractivity contribution in [1.29, 1.82) is 0 Å². The van der Waals surface area contributed by atoms with E-state index < -0.39 is 12.1 Å². The van der Waals surface area contributed by atoms with Gasteiger partial charge in [0.05, 0.1) is 12.2 Å². The van der Waals surface area contributed by atoms with Gasteiger partial charge in [0.25, 0.3) is 5.91 Å². The van der Waals surface area contributed by atoms with Crippen molar-refractivity contribution in [3.8, 4) is 11.5 Å². The summed E-state index contributed by atoms with van der Waals surface area (Å²) in [4.78, 5) is 24.5. The van der Waals surface area contributed by atoms with Crippen LogP contribution in [0.5, 0.6) is 11.5 Å². The first-order valence-electron chi connectivity index (χ1n) is 8.52. The van der Waals surface area contributed by atoms with Crippen LogP contribution in [0.1, 0.15) is 28.4 Å². The number of ether oxygens (including phenoxy) is 4. The molecule has 0 saturated heterocycles. The number of fused-ring (bicyclic) bond motifs is 1. The lowest BCUT2D eigenvalue weighted by atomic mass is 10.1. The molecular weight excluding hydrogens is 350 g/mol. The lowest BCUT2D eigenvalue weighted by molar-refractivity contribution is -0.129. The van der Waals surface area contributed by atoms with Crippen LogP contribution in [0.25, 0.3) is 0 Å². The van der Waals surface area contributed by atoms with Gasteiger partial charge in [-0.25, -0.2) is 4.79 Å². The highest BCUT2D eigenvalue weighted by atomic mass is 16.7. The van der Waals surface area contributed by atoms with E-state index in [0.29, 0.717) is 30.2 Å². The second-order valence-electron chi connectivity index (χ2n) is 6.09. The molecule has 1 amide bonds. The Morgan fingerprint density at radius 1 is 1.11 bits per heavy atom. The van der Waals surface area contributed by atoms with Crippen LogP contribution < -0.4 is 14.8 Å². The van der Waals surface area contributed by atoms with E-state index >= 15 is 0 Å². The molecule has 0 aromatic heterocycles. The molecule has 2 aromatic rings. The van der Waals surface area contributed by atoms with Gasteiger partial charge in [-0.05, 0) is 42.3 Å². The second-order valence-corrected chi connectivity index (χ2v) is 6.09. The normalized spacial score (nSPS) is 13.1. The van der Waals surface area contributed by atoms with Crippen molar-refractivity contribution in [2.75, 3.05) is 13.9 Å². The number of methoxy groups -OCH3 is 1. The molecule has 0 spiro atoms. The molecule has 1 atom stereocenters. The Kier molecular flexibility index (Phi) is 5.93. The highest BCUT2D eigenvalue weighted by molar-refractivity contribution is 5.92. The summed E-state index contributed by atoms with van der Waals surface area (Å²) in [5, 5.41) is 2.75. The molecule has 7 heteroatoms. The predicted octanol–water partition coefficient (Wildman–Crippen LogP) is 2.42. The fourth-order valence-electron chi connectivity index (χ4n) is 2.62. The molecule has 3 rings (SSSR count). The van der Waals surface area contributed by atoms with Gasteiger partial charge in [0.15, 0.2) is 17.6 Å². The number of rotatable bonds is 7. The molecule has 142 valence electrons. The summed E-state index contributed by atoms with van der Waals surface area (Å²) in [6.07, 6.45) is -0.919. The Morgan fingerprint density at radius 3 is 2.74 bits per heavy atom. The largest absolute Gasteiger partial charge is 0.454 e. The number of benzene rings is 2. The number of carbonyl (C=O) groups excluding carboxylic acids is 2. The summed E-state index contributed by atoms with van der Waals surface area (Å²) in [5.74, 6) is 0.396. The van der Waals surface area contributed by atoms with Crippen LogP contribution in [0.3, 0.4) is 0 Å². The van der Waals surface area contributed by atoms with E-state index in [1.54, 1.807) is 37.4 Å². The molecular formula is C20H21NO6. The highest BCUT2D eigenvalue weighted by Gasteiger charge is 2.19. The van der Waals surface area contributed by atoms with Crippen LogP contribution in [0, 0.1) is 0 Å². The summed E-state index contributed by atoms with van der Waals surface area (Å²) >= 11 is 0. The SMILES string of the molecule is COCc1cccc(C(=O)O[C@@H](C)C(=O)NCc2ccc3c(c2)OCO3)c1. The van der Waals surface area contributed by atoms with Gasteiger partial charge >= 0.3 is 5.97 Å². The van der Waals surface area contributed by atoms with Crippen molar-refractivity contribution in [2.45, 2.75) is 26.2 Å².